The lowest BCUT2D eigenvalue weighted by Crippen LogP contribution is -2.63. The summed E-state index contributed by atoms with van der Waals surface area (Å²) in [5.41, 5.74) is -7.90. The van der Waals surface area contributed by atoms with Crippen LogP contribution in [0.2, 0.25) is 0 Å². The van der Waals surface area contributed by atoms with Gasteiger partial charge in [-0.25, -0.2) is 5.01 Å². The summed E-state index contributed by atoms with van der Waals surface area (Å²) in [6.45, 7) is 0. The molecular formula is C15H12F9I2N3O2. The van der Waals surface area contributed by atoms with Crippen LogP contribution in [0.25, 0.3) is 0 Å². The topological polar surface area (TPSA) is 69.0 Å². The van der Waals surface area contributed by atoms with Crippen LogP contribution in [0.1, 0.15) is 5.69 Å². The van der Waals surface area contributed by atoms with Crippen LogP contribution in [0.5, 0.6) is 0 Å². The fourth-order valence-corrected chi connectivity index (χ4v) is 6.53. The number of hydrazone groups is 1. The summed E-state index contributed by atoms with van der Waals surface area (Å²) in [5.74, 6) is -1.60. The molecule has 1 aliphatic rings. The highest BCUT2D eigenvalue weighted by Crippen LogP contribution is 2.53. The maximum atomic E-state index is 13.8. The molecule has 0 saturated carbocycles. The predicted octanol–water partition coefficient (Wildman–Crippen LogP) is 4.55. The number of hydrogen-bond donors (Lipinski definition) is 2. The Kier molecular flexibility index (Phi) is 7.69. The fraction of sp³-hybridized carbons (Fsp3) is 0.600. The number of nitrogens with zero attached hydrogens (tertiary/aromatic N) is 3. The first-order valence-corrected chi connectivity index (χ1v) is 11.1. The molecule has 16 heteroatoms. The van der Waals surface area contributed by atoms with Crippen molar-refractivity contribution >= 4 is 56.6 Å². The van der Waals surface area contributed by atoms with Crippen LogP contribution in [0.4, 0.5) is 45.2 Å². The highest BCUT2D eigenvalue weighted by atomic mass is 127. The molecule has 0 aliphatic carbocycles. The van der Waals surface area contributed by atoms with Crippen molar-refractivity contribution in [1.82, 2.24) is 4.98 Å². The van der Waals surface area contributed by atoms with Crippen LogP contribution in [0.3, 0.4) is 0 Å². The van der Waals surface area contributed by atoms with Gasteiger partial charge in [0.1, 0.15) is 11.1 Å². The summed E-state index contributed by atoms with van der Waals surface area (Å²) in [6.07, 6.45) is -22.1. The van der Waals surface area contributed by atoms with Gasteiger partial charge < -0.3 is 10.2 Å². The zero-order valence-corrected chi connectivity index (χ0v) is 19.1. The van der Waals surface area contributed by atoms with Gasteiger partial charge in [0, 0.05) is 15.1 Å². The van der Waals surface area contributed by atoms with Crippen molar-refractivity contribution in [2.24, 2.45) is 16.4 Å². The molecule has 0 saturated heterocycles. The van der Waals surface area contributed by atoms with E-state index in [4.69, 9.17) is 0 Å². The van der Waals surface area contributed by atoms with Gasteiger partial charge in [-0.05, 0) is 18.1 Å². The smallest absolute Gasteiger partial charge is 0.383 e. The summed E-state index contributed by atoms with van der Waals surface area (Å²) in [6, 6.07) is 0.981. The molecule has 0 spiro atoms. The summed E-state index contributed by atoms with van der Waals surface area (Å²) in [4.78, 5) is 3.02. The minimum Gasteiger partial charge on any atom is -0.383 e. The molecular weight excluding hydrogens is 679 g/mol. The Morgan fingerprint density at radius 3 is 2.00 bits per heavy atom. The normalized spacial score (nSPS) is 24.0. The van der Waals surface area contributed by atoms with Gasteiger partial charge in [0.15, 0.2) is 18.0 Å². The molecule has 3 unspecified atom stereocenters. The van der Waals surface area contributed by atoms with Gasteiger partial charge in [-0.1, -0.05) is 45.2 Å². The van der Waals surface area contributed by atoms with Gasteiger partial charge in [-0.15, -0.1) is 0 Å². The van der Waals surface area contributed by atoms with Crippen molar-refractivity contribution in [2.45, 2.75) is 30.9 Å². The third-order valence-corrected chi connectivity index (χ3v) is 6.78. The highest BCUT2D eigenvalue weighted by molar-refractivity contribution is 14.1. The number of aliphatic hydroxyl groups excluding tert-OH is 2. The molecule has 2 N–H and O–H groups in total. The number of rotatable bonds is 5. The average Bonchev–Trinajstić information content (AvgIpc) is 2.95. The first-order valence-electron chi connectivity index (χ1n) is 8.06. The van der Waals surface area contributed by atoms with E-state index in [1.54, 1.807) is 0 Å². The Hall–Kier alpha value is -0.630. The van der Waals surface area contributed by atoms with E-state index in [0.29, 0.717) is 6.20 Å². The van der Waals surface area contributed by atoms with E-state index < -0.39 is 59.3 Å². The first kappa shape index (κ1) is 26.6. The van der Waals surface area contributed by atoms with E-state index in [1.165, 1.54) is 45.2 Å². The van der Waals surface area contributed by atoms with Crippen LogP contribution < -0.4 is 5.01 Å². The molecule has 0 aromatic carbocycles. The van der Waals surface area contributed by atoms with E-state index in [9.17, 15) is 49.7 Å². The van der Waals surface area contributed by atoms with E-state index in [-0.39, 0.29) is 19.9 Å². The first-order chi connectivity index (χ1) is 14.0. The molecule has 2 heterocycles. The number of alkyl halides is 11. The Morgan fingerprint density at radius 1 is 1.03 bits per heavy atom. The second kappa shape index (κ2) is 8.96. The predicted molar refractivity (Wildman–Crippen MR) is 107 cm³/mol. The number of aliphatic hydroxyl groups is 2. The molecule has 31 heavy (non-hydrogen) atoms. The van der Waals surface area contributed by atoms with Gasteiger partial charge in [-0.3, -0.25) is 4.98 Å². The maximum Gasteiger partial charge on any atom is 0.433 e. The lowest BCUT2D eigenvalue weighted by Gasteiger charge is -2.44. The minimum atomic E-state index is -5.60. The monoisotopic (exact) mass is 691 g/mol. The van der Waals surface area contributed by atoms with Crippen molar-refractivity contribution in [1.29, 1.82) is 0 Å². The second-order valence-corrected chi connectivity index (χ2v) is 8.21. The van der Waals surface area contributed by atoms with Crippen molar-refractivity contribution in [2.75, 3.05) is 13.9 Å². The third kappa shape index (κ3) is 4.85. The Balaban J connectivity index is 2.80. The lowest BCUT2D eigenvalue weighted by atomic mass is 9.67. The van der Waals surface area contributed by atoms with E-state index >= 15 is 0 Å². The molecule has 2 rings (SSSR count). The van der Waals surface area contributed by atoms with Gasteiger partial charge in [0.05, 0.1) is 5.69 Å². The molecule has 3 atom stereocenters. The standard InChI is InChI=1S/C15H12F9I2N3O2/c16-13(17,18)8-3-7(1-2-27-8)29-11(31)12(6(4-25)5-26,10(30)15(22,23)24)9(28-29)14(19,20)21/h1-3,6,10-11,30-31H,4-5H2. The van der Waals surface area contributed by atoms with Crippen LogP contribution >= 0.6 is 45.2 Å². The van der Waals surface area contributed by atoms with Gasteiger partial charge >= 0.3 is 18.5 Å². The minimum absolute atomic E-state index is 0.000301. The summed E-state index contributed by atoms with van der Waals surface area (Å²) < 4.78 is 120. The molecule has 1 aromatic heterocycles. The van der Waals surface area contributed by atoms with Crippen LogP contribution in [-0.4, -0.2) is 54.4 Å². The number of pyridine rings is 1. The molecule has 1 aliphatic heterocycles. The van der Waals surface area contributed by atoms with Crippen LogP contribution in [-0.2, 0) is 6.18 Å². The molecule has 5 nitrogen and oxygen atoms in total. The van der Waals surface area contributed by atoms with Crippen molar-refractivity contribution in [3.05, 3.63) is 24.0 Å². The highest BCUT2D eigenvalue weighted by Gasteiger charge is 2.71. The number of aromatic nitrogens is 1. The Labute approximate surface area is 196 Å². The zero-order valence-electron chi connectivity index (χ0n) is 14.8. The lowest BCUT2D eigenvalue weighted by molar-refractivity contribution is -0.248. The molecule has 176 valence electrons. The van der Waals surface area contributed by atoms with E-state index in [0.717, 1.165) is 6.07 Å². The molecule has 0 amide bonds. The number of halogens is 11. The average molecular weight is 691 g/mol. The SMILES string of the molecule is OC1N(c2ccnc(C(F)(F)F)c2)N=C(C(F)(F)F)C1(C(CI)CI)C(O)C(F)(F)F. The quantitative estimate of drug-likeness (QED) is 0.271. The molecule has 1 aromatic rings. The Morgan fingerprint density at radius 2 is 1.58 bits per heavy atom. The number of hydrogen-bond acceptors (Lipinski definition) is 5. The largest absolute Gasteiger partial charge is 0.433 e. The van der Waals surface area contributed by atoms with Gasteiger partial charge in [-0.2, -0.15) is 44.6 Å². The third-order valence-electron chi connectivity index (χ3n) is 4.65. The second-order valence-electron chi connectivity index (χ2n) is 6.44. The molecule has 0 fully saturated rings. The van der Waals surface area contributed by atoms with Crippen molar-refractivity contribution < 1.29 is 49.7 Å². The zero-order chi connectivity index (χ0) is 24.0. The van der Waals surface area contributed by atoms with E-state index in [2.05, 4.69) is 10.1 Å². The van der Waals surface area contributed by atoms with Crippen molar-refractivity contribution in [3.63, 3.8) is 0 Å². The Bertz CT molecular complexity index is 827. The summed E-state index contributed by atoms with van der Waals surface area (Å²) in [7, 11) is 0. The maximum absolute atomic E-state index is 13.8. The number of anilines is 1. The summed E-state index contributed by atoms with van der Waals surface area (Å²) >= 11 is 3.00. The molecule has 0 radical (unpaired) electrons. The van der Waals surface area contributed by atoms with Crippen LogP contribution in [0.15, 0.2) is 23.4 Å². The van der Waals surface area contributed by atoms with Crippen molar-refractivity contribution in [3.8, 4) is 0 Å². The van der Waals surface area contributed by atoms with Gasteiger partial charge in [0.25, 0.3) is 0 Å². The summed E-state index contributed by atoms with van der Waals surface area (Å²) in [5, 5.41) is 23.8. The molecule has 0 bridgehead atoms. The van der Waals surface area contributed by atoms with Gasteiger partial charge in [0.2, 0.25) is 0 Å². The van der Waals surface area contributed by atoms with E-state index in [1.807, 2.05) is 0 Å². The van der Waals surface area contributed by atoms with Crippen LogP contribution in [0, 0.1) is 11.3 Å². The fourth-order valence-electron chi connectivity index (χ4n) is 3.26.